The van der Waals surface area contributed by atoms with Gasteiger partial charge in [0.2, 0.25) is 0 Å². The summed E-state index contributed by atoms with van der Waals surface area (Å²) in [6.07, 6.45) is 0. The van der Waals surface area contributed by atoms with Crippen molar-refractivity contribution in [3.63, 3.8) is 0 Å². The van der Waals surface area contributed by atoms with Crippen molar-refractivity contribution in [2.75, 3.05) is 0 Å². The summed E-state index contributed by atoms with van der Waals surface area (Å²) in [5, 5.41) is 0.755. The average Bonchev–Trinajstić information content (AvgIpc) is 1.94. The Hall–Kier alpha value is -0.240. The lowest BCUT2D eigenvalue weighted by Crippen LogP contribution is -2.05. The fourth-order valence-electron chi connectivity index (χ4n) is 1.01. The minimum atomic E-state index is 0. The van der Waals surface area contributed by atoms with Gasteiger partial charge in [0.15, 0.2) is 0 Å². The molecule has 1 aromatic carbocycles. The first-order valence-corrected chi connectivity index (χ1v) is 4.00. The fourth-order valence-corrected chi connectivity index (χ4v) is 1.30. The number of benzene rings is 1. The highest BCUT2D eigenvalue weighted by atomic mass is 35.5. The zero-order chi connectivity index (χ0) is 8.43. The second-order valence-corrected chi connectivity index (χ2v) is 3.22. The van der Waals surface area contributed by atoms with Crippen molar-refractivity contribution < 1.29 is 0 Å². The topological polar surface area (TPSA) is 26.0 Å². The first-order valence-electron chi connectivity index (χ1n) is 3.63. The van der Waals surface area contributed by atoms with Gasteiger partial charge in [-0.1, -0.05) is 29.3 Å². The molecule has 1 nitrogen and oxygen atoms in total. The van der Waals surface area contributed by atoms with Crippen molar-refractivity contribution in [2.24, 2.45) is 5.73 Å². The van der Waals surface area contributed by atoms with Crippen LogP contribution < -0.4 is 5.73 Å². The Kier molecular flexibility index (Phi) is 4.61. The van der Waals surface area contributed by atoms with E-state index in [4.69, 9.17) is 17.3 Å². The molecule has 0 fully saturated rings. The van der Waals surface area contributed by atoms with Gasteiger partial charge in [0.25, 0.3) is 0 Å². The molecule has 0 aromatic heterocycles. The van der Waals surface area contributed by atoms with Crippen LogP contribution in [0, 0.1) is 6.92 Å². The maximum Gasteiger partial charge on any atom is 0.0453 e. The van der Waals surface area contributed by atoms with Crippen LogP contribution in [0.15, 0.2) is 18.2 Å². The minimum absolute atomic E-state index is 0. The van der Waals surface area contributed by atoms with Crippen LogP contribution in [0.5, 0.6) is 0 Å². The summed E-state index contributed by atoms with van der Waals surface area (Å²) in [5.41, 5.74) is 7.92. The molecular weight excluding hydrogens is 193 g/mol. The van der Waals surface area contributed by atoms with E-state index in [9.17, 15) is 0 Å². The van der Waals surface area contributed by atoms with E-state index in [0.717, 1.165) is 10.6 Å². The summed E-state index contributed by atoms with van der Waals surface area (Å²) in [6, 6.07) is 5.90. The lowest BCUT2D eigenvalue weighted by Gasteiger charge is -2.08. The van der Waals surface area contributed by atoms with Gasteiger partial charge in [-0.25, -0.2) is 0 Å². The molecule has 1 unspecified atom stereocenters. The molecule has 0 aliphatic heterocycles. The highest BCUT2D eigenvalue weighted by molar-refractivity contribution is 6.31. The molecule has 0 saturated heterocycles. The smallest absolute Gasteiger partial charge is 0.0453 e. The molecule has 0 aliphatic carbocycles. The molecule has 0 amide bonds. The molecule has 12 heavy (non-hydrogen) atoms. The van der Waals surface area contributed by atoms with E-state index in [1.165, 1.54) is 5.56 Å². The van der Waals surface area contributed by atoms with Crippen LogP contribution in [0.3, 0.4) is 0 Å². The number of hydrogen-bond acceptors (Lipinski definition) is 1. The van der Waals surface area contributed by atoms with Crippen LogP contribution in [0.25, 0.3) is 0 Å². The summed E-state index contributed by atoms with van der Waals surface area (Å²) in [6.45, 7) is 3.96. The third-order valence-electron chi connectivity index (χ3n) is 1.64. The number of hydrogen-bond donors (Lipinski definition) is 1. The van der Waals surface area contributed by atoms with Crippen molar-refractivity contribution in [1.29, 1.82) is 0 Å². The molecule has 0 spiro atoms. The predicted octanol–water partition coefficient (Wildman–Crippen LogP) is 3.09. The second-order valence-electron chi connectivity index (χ2n) is 2.81. The Morgan fingerprint density at radius 3 is 2.42 bits per heavy atom. The molecule has 3 heteroatoms. The van der Waals surface area contributed by atoms with Gasteiger partial charge in [-0.3, -0.25) is 0 Å². The zero-order valence-electron chi connectivity index (χ0n) is 7.17. The standard InChI is InChI=1S/C9H12ClN.ClH/c1-6-3-4-9(10)8(5-6)7(2)11;/h3-5,7H,11H2,1-2H3;1H. The molecule has 68 valence electrons. The van der Waals surface area contributed by atoms with Crippen LogP contribution in [0.2, 0.25) is 5.02 Å². The fraction of sp³-hybridized carbons (Fsp3) is 0.333. The van der Waals surface area contributed by atoms with Gasteiger partial charge in [-0.2, -0.15) is 0 Å². The minimum Gasteiger partial charge on any atom is -0.324 e. The Balaban J connectivity index is 0.00000121. The van der Waals surface area contributed by atoms with Crippen molar-refractivity contribution >= 4 is 24.0 Å². The molecule has 2 N–H and O–H groups in total. The molecule has 1 atom stereocenters. The quantitative estimate of drug-likeness (QED) is 0.750. The number of rotatable bonds is 1. The maximum atomic E-state index is 5.91. The van der Waals surface area contributed by atoms with Crippen LogP contribution in [-0.4, -0.2) is 0 Å². The number of halogens is 2. The number of nitrogens with two attached hydrogens (primary N) is 1. The first-order chi connectivity index (χ1) is 5.11. The molecule has 0 saturated carbocycles. The molecule has 0 heterocycles. The van der Waals surface area contributed by atoms with E-state index in [-0.39, 0.29) is 18.4 Å². The van der Waals surface area contributed by atoms with E-state index in [0.29, 0.717) is 0 Å². The molecule has 0 aliphatic rings. The van der Waals surface area contributed by atoms with Gasteiger partial charge in [0.1, 0.15) is 0 Å². The van der Waals surface area contributed by atoms with Gasteiger partial charge in [-0.05, 0) is 25.5 Å². The highest BCUT2D eigenvalue weighted by Gasteiger charge is 2.03. The Morgan fingerprint density at radius 2 is 2.00 bits per heavy atom. The van der Waals surface area contributed by atoms with Gasteiger partial charge >= 0.3 is 0 Å². The van der Waals surface area contributed by atoms with E-state index < -0.39 is 0 Å². The van der Waals surface area contributed by atoms with Crippen LogP contribution in [0.4, 0.5) is 0 Å². The Bertz CT molecular complexity index is 259. The normalized spacial score (nSPS) is 12.0. The SMILES string of the molecule is Cc1ccc(Cl)c(C(C)N)c1.Cl. The molecular formula is C9H13Cl2N. The van der Waals surface area contributed by atoms with E-state index >= 15 is 0 Å². The summed E-state index contributed by atoms with van der Waals surface area (Å²) in [7, 11) is 0. The summed E-state index contributed by atoms with van der Waals surface area (Å²) >= 11 is 5.91. The van der Waals surface area contributed by atoms with Crippen LogP contribution >= 0.6 is 24.0 Å². The number of aryl methyl sites for hydroxylation is 1. The maximum absolute atomic E-state index is 5.91. The van der Waals surface area contributed by atoms with Crippen LogP contribution in [0.1, 0.15) is 24.1 Å². The van der Waals surface area contributed by atoms with Crippen molar-refractivity contribution in [1.82, 2.24) is 0 Å². The van der Waals surface area contributed by atoms with Gasteiger partial charge in [0, 0.05) is 11.1 Å². The highest BCUT2D eigenvalue weighted by Crippen LogP contribution is 2.21. The average molecular weight is 206 g/mol. The van der Waals surface area contributed by atoms with Gasteiger partial charge in [0.05, 0.1) is 0 Å². The Labute approximate surface area is 84.3 Å². The Morgan fingerprint density at radius 1 is 1.42 bits per heavy atom. The van der Waals surface area contributed by atoms with E-state index in [2.05, 4.69) is 0 Å². The lowest BCUT2D eigenvalue weighted by molar-refractivity contribution is 0.817. The molecule has 1 rings (SSSR count). The zero-order valence-corrected chi connectivity index (χ0v) is 8.75. The van der Waals surface area contributed by atoms with Crippen molar-refractivity contribution in [2.45, 2.75) is 19.9 Å². The third-order valence-corrected chi connectivity index (χ3v) is 1.99. The summed E-state index contributed by atoms with van der Waals surface area (Å²) in [5.74, 6) is 0. The molecule has 0 radical (unpaired) electrons. The van der Waals surface area contributed by atoms with Gasteiger partial charge in [-0.15, -0.1) is 12.4 Å². The largest absolute Gasteiger partial charge is 0.324 e. The van der Waals surface area contributed by atoms with Crippen molar-refractivity contribution in [3.05, 3.63) is 34.3 Å². The first kappa shape index (κ1) is 11.8. The van der Waals surface area contributed by atoms with Gasteiger partial charge < -0.3 is 5.73 Å². The predicted molar refractivity (Wildman–Crippen MR) is 56.0 cm³/mol. The summed E-state index contributed by atoms with van der Waals surface area (Å²) < 4.78 is 0. The molecule has 0 bridgehead atoms. The third kappa shape index (κ3) is 2.67. The summed E-state index contributed by atoms with van der Waals surface area (Å²) in [4.78, 5) is 0. The van der Waals surface area contributed by atoms with E-state index in [1.807, 2.05) is 32.0 Å². The van der Waals surface area contributed by atoms with Crippen LogP contribution in [-0.2, 0) is 0 Å². The monoisotopic (exact) mass is 205 g/mol. The lowest BCUT2D eigenvalue weighted by atomic mass is 10.1. The van der Waals surface area contributed by atoms with Crippen molar-refractivity contribution in [3.8, 4) is 0 Å². The second kappa shape index (κ2) is 4.70. The molecule has 1 aromatic rings. The van der Waals surface area contributed by atoms with E-state index in [1.54, 1.807) is 0 Å².